The molecule has 0 spiro atoms. The Morgan fingerprint density at radius 1 is 1.62 bits per heavy atom. The van der Waals surface area contributed by atoms with Crippen molar-refractivity contribution >= 4 is 17.7 Å². The van der Waals surface area contributed by atoms with Gasteiger partial charge in [0.05, 0.1) is 0 Å². The van der Waals surface area contributed by atoms with Crippen LogP contribution in [-0.2, 0) is 4.79 Å². The summed E-state index contributed by atoms with van der Waals surface area (Å²) in [7, 11) is 1.77. The molecule has 1 atom stereocenters. The summed E-state index contributed by atoms with van der Waals surface area (Å²) in [5, 5.41) is 8.94. The lowest BCUT2D eigenvalue weighted by Crippen LogP contribution is -2.32. The first-order valence-electron chi connectivity index (χ1n) is 5.32. The molecule has 1 aliphatic rings. The molecular formula is C10H15N5O. The van der Waals surface area contributed by atoms with Crippen molar-refractivity contribution in [3.63, 3.8) is 0 Å². The molecule has 3 N–H and O–H groups in total. The van der Waals surface area contributed by atoms with Crippen LogP contribution in [-0.4, -0.2) is 35.5 Å². The monoisotopic (exact) mass is 221 g/mol. The van der Waals surface area contributed by atoms with Crippen LogP contribution in [0.2, 0.25) is 0 Å². The standard InChI is InChI=1S/C10H15N5O/c1-11-10-12-5-4-8(15-10)13-6-7-2-3-9(16)14-7/h4-5,7H,2-3,6H2,1H3,(H,14,16)(H2,11,12,13,15). The van der Waals surface area contributed by atoms with Gasteiger partial charge in [0.15, 0.2) is 0 Å². The molecule has 16 heavy (non-hydrogen) atoms. The van der Waals surface area contributed by atoms with E-state index in [0.717, 1.165) is 12.2 Å². The van der Waals surface area contributed by atoms with Crippen molar-refractivity contribution < 1.29 is 4.79 Å². The zero-order valence-electron chi connectivity index (χ0n) is 9.16. The number of carbonyl (C=O) groups is 1. The first-order valence-corrected chi connectivity index (χ1v) is 5.32. The molecule has 1 saturated heterocycles. The van der Waals surface area contributed by atoms with E-state index < -0.39 is 0 Å². The fourth-order valence-corrected chi connectivity index (χ4v) is 1.64. The van der Waals surface area contributed by atoms with Crippen LogP contribution >= 0.6 is 0 Å². The summed E-state index contributed by atoms with van der Waals surface area (Å²) in [6.45, 7) is 0.700. The molecule has 1 fully saturated rings. The third-order valence-electron chi connectivity index (χ3n) is 2.49. The van der Waals surface area contributed by atoms with Crippen molar-refractivity contribution in [1.82, 2.24) is 15.3 Å². The lowest BCUT2D eigenvalue weighted by molar-refractivity contribution is -0.119. The number of amides is 1. The quantitative estimate of drug-likeness (QED) is 0.677. The van der Waals surface area contributed by atoms with Gasteiger partial charge in [-0.05, 0) is 12.5 Å². The SMILES string of the molecule is CNc1nccc(NCC2CCC(=O)N2)n1. The van der Waals surface area contributed by atoms with E-state index in [1.807, 2.05) is 0 Å². The van der Waals surface area contributed by atoms with Gasteiger partial charge in [0.25, 0.3) is 0 Å². The minimum Gasteiger partial charge on any atom is -0.368 e. The summed E-state index contributed by atoms with van der Waals surface area (Å²) in [5.41, 5.74) is 0. The predicted molar refractivity (Wildman–Crippen MR) is 61.2 cm³/mol. The molecule has 2 heterocycles. The van der Waals surface area contributed by atoms with Crippen LogP contribution in [0, 0.1) is 0 Å². The summed E-state index contributed by atoms with van der Waals surface area (Å²) >= 11 is 0. The smallest absolute Gasteiger partial charge is 0.224 e. The maximum absolute atomic E-state index is 11.0. The van der Waals surface area contributed by atoms with E-state index >= 15 is 0 Å². The highest BCUT2D eigenvalue weighted by molar-refractivity contribution is 5.78. The Kier molecular flexibility index (Phi) is 3.19. The minimum atomic E-state index is 0.130. The average Bonchev–Trinajstić information content (AvgIpc) is 2.73. The Morgan fingerprint density at radius 3 is 3.19 bits per heavy atom. The second-order valence-electron chi connectivity index (χ2n) is 3.70. The molecule has 1 aromatic rings. The maximum Gasteiger partial charge on any atom is 0.224 e. The second kappa shape index (κ2) is 4.78. The minimum absolute atomic E-state index is 0.130. The molecule has 0 radical (unpaired) electrons. The summed E-state index contributed by atoms with van der Waals surface area (Å²) in [6.07, 6.45) is 3.20. The van der Waals surface area contributed by atoms with Crippen molar-refractivity contribution in [3.05, 3.63) is 12.3 Å². The number of carbonyl (C=O) groups excluding carboxylic acids is 1. The van der Waals surface area contributed by atoms with Gasteiger partial charge in [0.2, 0.25) is 11.9 Å². The van der Waals surface area contributed by atoms with Gasteiger partial charge in [-0.15, -0.1) is 0 Å². The summed E-state index contributed by atoms with van der Waals surface area (Å²) < 4.78 is 0. The molecule has 1 aliphatic heterocycles. The van der Waals surface area contributed by atoms with Gasteiger partial charge in [-0.2, -0.15) is 4.98 Å². The van der Waals surface area contributed by atoms with E-state index in [1.54, 1.807) is 19.3 Å². The van der Waals surface area contributed by atoms with E-state index in [0.29, 0.717) is 18.9 Å². The van der Waals surface area contributed by atoms with Gasteiger partial charge in [0, 0.05) is 32.3 Å². The first kappa shape index (κ1) is 10.7. The highest BCUT2D eigenvalue weighted by Crippen LogP contribution is 2.09. The number of aromatic nitrogens is 2. The zero-order chi connectivity index (χ0) is 11.4. The Labute approximate surface area is 93.9 Å². The predicted octanol–water partition coefficient (Wildman–Crippen LogP) is 0.209. The lowest BCUT2D eigenvalue weighted by Gasteiger charge is -2.11. The third-order valence-corrected chi connectivity index (χ3v) is 2.49. The van der Waals surface area contributed by atoms with E-state index in [-0.39, 0.29) is 11.9 Å². The van der Waals surface area contributed by atoms with Crippen molar-refractivity contribution in [2.24, 2.45) is 0 Å². The lowest BCUT2D eigenvalue weighted by atomic mass is 10.2. The van der Waals surface area contributed by atoms with Crippen LogP contribution in [0.4, 0.5) is 11.8 Å². The summed E-state index contributed by atoms with van der Waals surface area (Å²) in [5.74, 6) is 1.48. The van der Waals surface area contributed by atoms with Gasteiger partial charge in [-0.1, -0.05) is 0 Å². The van der Waals surface area contributed by atoms with Gasteiger partial charge in [-0.25, -0.2) is 4.98 Å². The molecule has 2 rings (SSSR count). The van der Waals surface area contributed by atoms with Crippen molar-refractivity contribution in [2.45, 2.75) is 18.9 Å². The van der Waals surface area contributed by atoms with Crippen LogP contribution in [0.3, 0.4) is 0 Å². The van der Waals surface area contributed by atoms with Crippen LogP contribution in [0.5, 0.6) is 0 Å². The van der Waals surface area contributed by atoms with E-state index in [9.17, 15) is 4.79 Å². The Hall–Kier alpha value is -1.85. The topological polar surface area (TPSA) is 78.9 Å². The van der Waals surface area contributed by atoms with Crippen LogP contribution < -0.4 is 16.0 Å². The van der Waals surface area contributed by atoms with E-state index in [1.165, 1.54) is 0 Å². The number of nitrogens with zero attached hydrogens (tertiary/aromatic N) is 2. The number of anilines is 2. The zero-order valence-corrected chi connectivity index (χ0v) is 9.16. The molecule has 0 aliphatic carbocycles. The van der Waals surface area contributed by atoms with Crippen LogP contribution in [0.25, 0.3) is 0 Å². The molecule has 0 bridgehead atoms. The van der Waals surface area contributed by atoms with Gasteiger partial charge >= 0.3 is 0 Å². The van der Waals surface area contributed by atoms with E-state index in [2.05, 4.69) is 25.9 Å². The molecule has 0 aromatic carbocycles. The Morgan fingerprint density at radius 2 is 2.50 bits per heavy atom. The summed E-state index contributed by atoms with van der Waals surface area (Å²) in [4.78, 5) is 19.2. The molecule has 1 unspecified atom stereocenters. The van der Waals surface area contributed by atoms with Crippen LogP contribution in [0.1, 0.15) is 12.8 Å². The Balaban J connectivity index is 1.87. The van der Waals surface area contributed by atoms with Gasteiger partial charge in [-0.3, -0.25) is 4.79 Å². The first-order chi connectivity index (χ1) is 7.78. The Bertz CT molecular complexity index is 381. The fourth-order valence-electron chi connectivity index (χ4n) is 1.64. The number of nitrogens with one attached hydrogen (secondary N) is 3. The number of rotatable bonds is 4. The average molecular weight is 221 g/mol. The molecule has 86 valence electrons. The van der Waals surface area contributed by atoms with Gasteiger partial charge < -0.3 is 16.0 Å². The largest absolute Gasteiger partial charge is 0.368 e. The molecule has 1 amide bonds. The molecular weight excluding hydrogens is 206 g/mol. The van der Waals surface area contributed by atoms with Crippen molar-refractivity contribution in [1.29, 1.82) is 0 Å². The normalized spacial score (nSPS) is 19.3. The van der Waals surface area contributed by atoms with Gasteiger partial charge in [0.1, 0.15) is 5.82 Å². The molecule has 1 aromatic heterocycles. The van der Waals surface area contributed by atoms with Crippen molar-refractivity contribution in [3.8, 4) is 0 Å². The summed E-state index contributed by atoms with van der Waals surface area (Å²) in [6, 6.07) is 2.01. The fraction of sp³-hybridized carbons (Fsp3) is 0.500. The third kappa shape index (κ3) is 2.59. The number of hydrogen-bond donors (Lipinski definition) is 3. The highest BCUT2D eigenvalue weighted by atomic mass is 16.1. The molecule has 6 nitrogen and oxygen atoms in total. The second-order valence-corrected chi connectivity index (χ2v) is 3.70. The molecule has 0 saturated carbocycles. The number of hydrogen-bond acceptors (Lipinski definition) is 5. The van der Waals surface area contributed by atoms with E-state index in [4.69, 9.17) is 0 Å². The van der Waals surface area contributed by atoms with Crippen LogP contribution in [0.15, 0.2) is 12.3 Å². The highest BCUT2D eigenvalue weighted by Gasteiger charge is 2.20. The maximum atomic E-state index is 11.0. The van der Waals surface area contributed by atoms with Crippen molar-refractivity contribution in [2.75, 3.05) is 24.2 Å². The molecule has 6 heteroatoms.